The molecule has 6 nitrogen and oxygen atoms in total. The number of H-pyrrole nitrogens is 1. The van der Waals surface area contributed by atoms with Gasteiger partial charge in [0.2, 0.25) is 0 Å². The summed E-state index contributed by atoms with van der Waals surface area (Å²) in [4.78, 5) is 22.5. The summed E-state index contributed by atoms with van der Waals surface area (Å²) in [5.41, 5.74) is 2.45. The maximum atomic E-state index is 8.96. The molecular weight excluding hydrogens is 370 g/mol. The van der Waals surface area contributed by atoms with Crippen LogP contribution in [-0.2, 0) is 0 Å². The topological polar surface area (TPSA) is 94.1 Å². The average molecular weight is 385 g/mol. The maximum absolute atomic E-state index is 8.96. The molecule has 0 unspecified atom stereocenters. The van der Waals surface area contributed by atoms with E-state index in [2.05, 4.69) is 20.5 Å². The Balaban J connectivity index is 1.99. The molecule has 0 aliphatic carbocycles. The number of aromatic nitrogens is 3. The molecule has 0 amide bonds. The van der Waals surface area contributed by atoms with Crippen molar-refractivity contribution in [1.29, 1.82) is 0 Å². The largest absolute Gasteiger partial charge is 0.370 e. The Kier molecular flexibility index (Phi) is 5.54. The Labute approximate surface area is 149 Å². The first-order valence-electron chi connectivity index (χ1n) is 7.23. The van der Waals surface area contributed by atoms with E-state index in [-0.39, 0.29) is 0 Å². The standard InChI is InChI=1S/C15H15Cl2N4O2P/c16-12-3-2-10-11(9-7-19-20-8-9)6-13(21-15(10)14(12)17)18-4-1-5-24(22)23/h2-3,6-8,22-23H,1,4-5H2,(H,18,21)(H,19,20). The highest BCUT2D eigenvalue weighted by Gasteiger charge is 2.13. The maximum Gasteiger partial charge on any atom is 0.164 e. The smallest absolute Gasteiger partial charge is 0.164 e. The lowest BCUT2D eigenvalue weighted by molar-refractivity contribution is 0.481. The Morgan fingerprint density at radius 2 is 2.08 bits per heavy atom. The Hall–Kier alpha value is -1.43. The first-order valence-corrected chi connectivity index (χ1v) is 9.42. The zero-order valence-corrected chi connectivity index (χ0v) is 14.9. The minimum atomic E-state index is -1.87. The molecule has 24 heavy (non-hydrogen) atoms. The number of halogens is 2. The molecule has 1 aromatic carbocycles. The number of anilines is 1. The molecule has 3 rings (SSSR count). The second kappa shape index (κ2) is 7.64. The summed E-state index contributed by atoms with van der Waals surface area (Å²) in [6.45, 7) is 0.571. The number of nitrogens with zero attached hydrogens (tertiary/aromatic N) is 2. The Morgan fingerprint density at radius 1 is 1.25 bits per heavy atom. The number of aromatic amines is 1. The molecule has 3 aromatic rings. The van der Waals surface area contributed by atoms with E-state index >= 15 is 0 Å². The molecule has 126 valence electrons. The van der Waals surface area contributed by atoms with Gasteiger partial charge in [0, 0.05) is 29.9 Å². The van der Waals surface area contributed by atoms with Crippen LogP contribution in [0.5, 0.6) is 0 Å². The monoisotopic (exact) mass is 384 g/mol. The summed E-state index contributed by atoms with van der Waals surface area (Å²) in [6, 6.07) is 5.54. The highest BCUT2D eigenvalue weighted by atomic mass is 35.5. The number of hydrogen-bond acceptors (Lipinski definition) is 5. The summed E-state index contributed by atoms with van der Waals surface area (Å²) >= 11 is 12.4. The molecule has 0 spiro atoms. The minimum absolute atomic E-state index is 0.358. The van der Waals surface area contributed by atoms with Gasteiger partial charge in [-0.3, -0.25) is 5.10 Å². The van der Waals surface area contributed by atoms with Gasteiger partial charge in [0.05, 0.1) is 21.8 Å². The van der Waals surface area contributed by atoms with Crippen LogP contribution in [0.1, 0.15) is 6.42 Å². The van der Waals surface area contributed by atoms with Crippen molar-refractivity contribution in [1.82, 2.24) is 15.2 Å². The minimum Gasteiger partial charge on any atom is -0.370 e. The zero-order chi connectivity index (χ0) is 17.1. The summed E-state index contributed by atoms with van der Waals surface area (Å²) in [6.07, 6.45) is 4.51. The van der Waals surface area contributed by atoms with Crippen molar-refractivity contribution in [3.05, 3.63) is 40.6 Å². The van der Waals surface area contributed by atoms with Crippen molar-refractivity contribution in [2.45, 2.75) is 6.42 Å². The number of fused-ring (bicyclic) bond motifs is 1. The van der Waals surface area contributed by atoms with Crippen LogP contribution < -0.4 is 5.32 Å². The molecule has 0 saturated carbocycles. The Morgan fingerprint density at radius 3 is 2.79 bits per heavy atom. The van der Waals surface area contributed by atoms with Gasteiger partial charge in [0.15, 0.2) is 8.38 Å². The van der Waals surface area contributed by atoms with Gasteiger partial charge in [0.1, 0.15) is 5.82 Å². The summed E-state index contributed by atoms with van der Waals surface area (Å²) < 4.78 is 0. The van der Waals surface area contributed by atoms with Crippen LogP contribution in [0.2, 0.25) is 10.0 Å². The lowest BCUT2D eigenvalue weighted by Crippen LogP contribution is -2.05. The number of hydrogen-bond donors (Lipinski definition) is 4. The lowest BCUT2D eigenvalue weighted by atomic mass is 10.0. The van der Waals surface area contributed by atoms with E-state index in [9.17, 15) is 0 Å². The number of rotatable bonds is 6. The molecule has 0 aliphatic heterocycles. The van der Waals surface area contributed by atoms with Gasteiger partial charge < -0.3 is 15.1 Å². The van der Waals surface area contributed by atoms with Gasteiger partial charge in [-0.2, -0.15) is 5.10 Å². The average Bonchev–Trinajstić information content (AvgIpc) is 3.09. The Bertz CT molecular complexity index is 843. The molecule has 0 radical (unpaired) electrons. The third-order valence-electron chi connectivity index (χ3n) is 3.52. The molecule has 2 heterocycles. The molecule has 0 aliphatic rings. The fourth-order valence-electron chi connectivity index (χ4n) is 2.40. The van der Waals surface area contributed by atoms with Crippen LogP contribution in [0, 0.1) is 0 Å². The zero-order valence-electron chi connectivity index (χ0n) is 12.5. The molecule has 0 bridgehead atoms. The molecule has 0 fully saturated rings. The second-order valence-electron chi connectivity index (χ2n) is 5.18. The van der Waals surface area contributed by atoms with Crippen molar-refractivity contribution in [3.8, 4) is 11.1 Å². The predicted octanol–water partition coefficient (Wildman–Crippen LogP) is 4.03. The summed E-state index contributed by atoms with van der Waals surface area (Å²) in [5.74, 6) is 0.642. The van der Waals surface area contributed by atoms with Crippen molar-refractivity contribution in [3.63, 3.8) is 0 Å². The highest BCUT2D eigenvalue weighted by Crippen LogP contribution is 2.36. The van der Waals surface area contributed by atoms with E-state index in [0.717, 1.165) is 16.5 Å². The quantitative estimate of drug-likeness (QED) is 0.380. The number of benzene rings is 1. The third-order valence-corrected chi connectivity index (χ3v) is 5.03. The van der Waals surface area contributed by atoms with Gasteiger partial charge >= 0.3 is 0 Å². The molecule has 0 saturated heterocycles. The van der Waals surface area contributed by atoms with Gasteiger partial charge in [0.25, 0.3) is 0 Å². The molecule has 9 heteroatoms. The van der Waals surface area contributed by atoms with Crippen molar-refractivity contribution < 1.29 is 9.79 Å². The molecular formula is C15H15Cl2N4O2P. The van der Waals surface area contributed by atoms with E-state index in [1.54, 1.807) is 18.5 Å². The summed E-state index contributed by atoms with van der Waals surface area (Å²) in [7, 11) is -1.87. The SMILES string of the molecule is OP(O)CCCNc1cc(-c2cn[nH]c2)c2ccc(Cl)c(Cl)c2n1. The van der Waals surface area contributed by atoms with Crippen LogP contribution in [0.3, 0.4) is 0 Å². The van der Waals surface area contributed by atoms with Gasteiger partial charge in [-0.25, -0.2) is 4.98 Å². The van der Waals surface area contributed by atoms with Gasteiger partial charge in [-0.05, 0) is 24.1 Å². The van der Waals surface area contributed by atoms with Crippen LogP contribution >= 0.6 is 31.6 Å². The van der Waals surface area contributed by atoms with Crippen molar-refractivity contribution >= 4 is 48.3 Å². The van der Waals surface area contributed by atoms with Gasteiger partial charge in [-0.1, -0.05) is 29.3 Å². The first-order chi connectivity index (χ1) is 11.6. The molecule has 0 atom stereocenters. The van der Waals surface area contributed by atoms with Crippen molar-refractivity contribution in [2.75, 3.05) is 18.0 Å². The van der Waals surface area contributed by atoms with Crippen LogP contribution in [0.4, 0.5) is 5.82 Å². The first kappa shape index (κ1) is 17.4. The van der Waals surface area contributed by atoms with Crippen LogP contribution in [0.15, 0.2) is 30.6 Å². The highest BCUT2D eigenvalue weighted by molar-refractivity contribution is 7.45. The molecule has 2 aromatic heterocycles. The third kappa shape index (κ3) is 3.79. The second-order valence-corrected chi connectivity index (χ2v) is 7.15. The summed E-state index contributed by atoms with van der Waals surface area (Å²) in [5, 5.41) is 11.7. The molecule has 4 N–H and O–H groups in total. The number of pyridine rings is 1. The van der Waals surface area contributed by atoms with E-state index in [1.165, 1.54) is 0 Å². The van der Waals surface area contributed by atoms with E-state index in [0.29, 0.717) is 40.5 Å². The predicted molar refractivity (Wildman–Crippen MR) is 98.7 cm³/mol. The van der Waals surface area contributed by atoms with E-state index < -0.39 is 8.38 Å². The van der Waals surface area contributed by atoms with Crippen LogP contribution in [0.25, 0.3) is 22.0 Å². The fourth-order valence-corrected chi connectivity index (χ4v) is 3.20. The fraction of sp³-hybridized carbons (Fsp3) is 0.200. The van der Waals surface area contributed by atoms with Crippen molar-refractivity contribution in [2.24, 2.45) is 0 Å². The van der Waals surface area contributed by atoms with E-state index in [1.807, 2.05) is 12.1 Å². The van der Waals surface area contributed by atoms with Gasteiger partial charge in [-0.15, -0.1) is 0 Å². The number of nitrogens with one attached hydrogen (secondary N) is 2. The van der Waals surface area contributed by atoms with Crippen LogP contribution in [-0.4, -0.2) is 37.7 Å². The lowest BCUT2D eigenvalue weighted by Gasteiger charge is -2.12. The van der Waals surface area contributed by atoms with E-state index in [4.69, 9.17) is 33.0 Å². The normalized spacial score (nSPS) is 11.4.